The summed E-state index contributed by atoms with van der Waals surface area (Å²) < 4.78 is 7.76. The van der Waals surface area contributed by atoms with Crippen LogP contribution in [0.25, 0.3) is 5.69 Å². The second-order valence-corrected chi connectivity index (χ2v) is 6.78. The highest BCUT2D eigenvalue weighted by Gasteiger charge is 2.07. The van der Waals surface area contributed by atoms with Gasteiger partial charge in [0.05, 0.1) is 18.8 Å². The molecule has 29 heavy (non-hydrogen) atoms. The second-order valence-electron chi connectivity index (χ2n) is 6.78. The number of para-hydroxylation sites is 1. The van der Waals surface area contributed by atoms with Gasteiger partial charge in [0.25, 0.3) is 0 Å². The fraction of sp³-hybridized carbons (Fsp3) is 0.318. The van der Waals surface area contributed by atoms with Crippen molar-refractivity contribution >= 4 is 5.96 Å². The zero-order valence-electron chi connectivity index (χ0n) is 17.2. The Kier molecular flexibility index (Phi) is 7.22. The molecule has 7 nitrogen and oxygen atoms in total. The van der Waals surface area contributed by atoms with Crippen LogP contribution in [0.3, 0.4) is 0 Å². The molecule has 3 rings (SSSR count). The van der Waals surface area contributed by atoms with Gasteiger partial charge >= 0.3 is 0 Å². The van der Waals surface area contributed by atoms with E-state index in [0.29, 0.717) is 13.1 Å². The standard InChI is InChI=1S/C22H28N6O/c1-4-24-22(25-13-18(3)29-21-8-6-5-7-17(21)2)26-14-19-9-11-20(12-10-19)28-16-23-15-27-28/h5-12,15-16,18H,4,13-14H2,1-3H3,(H2,24,25,26). The number of hydrogen-bond donors (Lipinski definition) is 2. The summed E-state index contributed by atoms with van der Waals surface area (Å²) in [4.78, 5) is 8.65. The Bertz CT molecular complexity index is 905. The second kappa shape index (κ2) is 10.3. The van der Waals surface area contributed by atoms with Gasteiger partial charge in [-0.15, -0.1) is 0 Å². The van der Waals surface area contributed by atoms with Crippen molar-refractivity contribution in [1.29, 1.82) is 0 Å². The van der Waals surface area contributed by atoms with Crippen LogP contribution < -0.4 is 15.4 Å². The fourth-order valence-corrected chi connectivity index (χ4v) is 2.80. The number of nitrogens with zero attached hydrogens (tertiary/aromatic N) is 4. The molecular formula is C22H28N6O. The van der Waals surface area contributed by atoms with Crippen LogP contribution in [0, 0.1) is 6.92 Å². The van der Waals surface area contributed by atoms with Crippen molar-refractivity contribution in [3.05, 3.63) is 72.3 Å². The highest BCUT2D eigenvalue weighted by atomic mass is 16.5. The van der Waals surface area contributed by atoms with E-state index in [4.69, 9.17) is 4.74 Å². The maximum atomic E-state index is 6.03. The van der Waals surface area contributed by atoms with Gasteiger partial charge in [-0.25, -0.2) is 14.7 Å². The zero-order chi connectivity index (χ0) is 20.5. The number of ether oxygens (including phenoxy) is 1. The number of guanidine groups is 1. The summed E-state index contributed by atoms with van der Waals surface area (Å²) in [6.07, 6.45) is 3.22. The van der Waals surface area contributed by atoms with E-state index in [1.54, 1.807) is 11.0 Å². The predicted octanol–water partition coefficient (Wildman–Crippen LogP) is 3.10. The zero-order valence-corrected chi connectivity index (χ0v) is 17.2. The molecule has 0 fully saturated rings. The third kappa shape index (κ3) is 6.07. The first-order valence-corrected chi connectivity index (χ1v) is 9.84. The van der Waals surface area contributed by atoms with Crippen molar-refractivity contribution in [2.45, 2.75) is 33.4 Å². The third-order valence-corrected chi connectivity index (χ3v) is 4.36. The molecule has 2 N–H and O–H groups in total. The lowest BCUT2D eigenvalue weighted by Gasteiger charge is -2.18. The SMILES string of the molecule is CCNC(=NCc1ccc(-n2cncn2)cc1)NCC(C)Oc1ccccc1C. The minimum atomic E-state index is 0.0157. The summed E-state index contributed by atoms with van der Waals surface area (Å²) in [5.41, 5.74) is 3.23. The van der Waals surface area contributed by atoms with E-state index in [9.17, 15) is 0 Å². The first-order valence-electron chi connectivity index (χ1n) is 9.84. The number of aryl methyl sites for hydroxylation is 1. The number of nitrogens with one attached hydrogen (secondary N) is 2. The first kappa shape index (κ1) is 20.4. The van der Waals surface area contributed by atoms with Crippen molar-refractivity contribution in [3.63, 3.8) is 0 Å². The summed E-state index contributed by atoms with van der Waals surface area (Å²) in [5, 5.41) is 10.8. The normalized spacial score (nSPS) is 12.4. The summed E-state index contributed by atoms with van der Waals surface area (Å²) in [6.45, 7) is 8.19. The molecule has 0 spiro atoms. The molecule has 3 aromatic rings. The first-order chi connectivity index (χ1) is 14.2. The lowest BCUT2D eigenvalue weighted by atomic mass is 10.2. The third-order valence-electron chi connectivity index (χ3n) is 4.36. The average Bonchev–Trinajstić information content (AvgIpc) is 3.27. The molecule has 0 saturated heterocycles. The molecule has 0 saturated carbocycles. The summed E-state index contributed by atoms with van der Waals surface area (Å²) in [7, 11) is 0. The van der Waals surface area contributed by atoms with Crippen LogP contribution >= 0.6 is 0 Å². The molecule has 0 aliphatic heterocycles. The number of aromatic nitrogens is 3. The molecule has 152 valence electrons. The van der Waals surface area contributed by atoms with Crippen molar-refractivity contribution in [3.8, 4) is 11.4 Å². The molecule has 2 aromatic carbocycles. The molecule has 0 aliphatic rings. The molecule has 1 aromatic heterocycles. The molecule has 1 heterocycles. The molecule has 0 aliphatic carbocycles. The number of benzene rings is 2. The van der Waals surface area contributed by atoms with Crippen molar-refractivity contribution < 1.29 is 4.74 Å². The Hall–Kier alpha value is -3.35. The summed E-state index contributed by atoms with van der Waals surface area (Å²) >= 11 is 0. The smallest absolute Gasteiger partial charge is 0.191 e. The van der Waals surface area contributed by atoms with Gasteiger partial charge in [-0.3, -0.25) is 0 Å². The quantitative estimate of drug-likeness (QED) is 0.455. The van der Waals surface area contributed by atoms with E-state index < -0.39 is 0 Å². The van der Waals surface area contributed by atoms with E-state index in [1.807, 2.05) is 49.4 Å². The largest absolute Gasteiger partial charge is 0.489 e. The number of hydrogen-bond acceptors (Lipinski definition) is 4. The minimum absolute atomic E-state index is 0.0157. The highest BCUT2D eigenvalue weighted by Crippen LogP contribution is 2.17. The van der Waals surface area contributed by atoms with Crippen LogP contribution in [-0.2, 0) is 6.54 Å². The Labute approximate surface area is 171 Å². The van der Waals surface area contributed by atoms with Gasteiger partial charge in [0.1, 0.15) is 24.5 Å². The Morgan fingerprint density at radius 3 is 2.62 bits per heavy atom. The van der Waals surface area contributed by atoms with Crippen LogP contribution in [0.15, 0.2) is 66.2 Å². The Morgan fingerprint density at radius 2 is 1.93 bits per heavy atom. The fourth-order valence-electron chi connectivity index (χ4n) is 2.80. The van der Waals surface area contributed by atoms with Crippen molar-refractivity contribution in [1.82, 2.24) is 25.4 Å². The maximum Gasteiger partial charge on any atom is 0.191 e. The lowest BCUT2D eigenvalue weighted by molar-refractivity contribution is 0.222. The van der Waals surface area contributed by atoms with Crippen LogP contribution in [0.1, 0.15) is 25.0 Å². The predicted molar refractivity (Wildman–Crippen MR) is 115 cm³/mol. The molecule has 1 unspecified atom stereocenters. The van der Waals surface area contributed by atoms with Crippen LogP contribution in [0.4, 0.5) is 0 Å². The summed E-state index contributed by atoms with van der Waals surface area (Å²) in [5.74, 6) is 1.68. The molecule has 0 amide bonds. The van der Waals surface area contributed by atoms with E-state index in [0.717, 1.165) is 35.1 Å². The van der Waals surface area contributed by atoms with E-state index in [-0.39, 0.29) is 6.10 Å². The van der Waals surface area contributed by atoms with Gasteiger partial charge in [-0.05, 0) is 50.1 Å². The Morgan fingerprint density at radius 1 is 1.14 bits per heavy atom. The van der Waals surface area contributed by atoms with Gasteiger partial charge in [0, 0.05) is 6.54 Å². The maximum absolute atomic E-state index is 6.03. The van der Waals surface area contributed by atoms with Crippen molar-refractivity contribution in [2.75, 3.05) is 13.1 Å². The average molecular weight is 393 g/mol. The van der Waals surface area contributed by atoms with E-state index in [1.165, 1.54) is 6.33 Å². The molecule has 7 heteroatoms. The molecule has 1 atom stereocenters. The van der Waals surface area contributed by atoms with Gasteiger partial charge in [-0.1, -0.05) is 30.3 Å². The van der Waals surface area contributed by atoms with E-state index in [2.05, 4.69) is 45.6 Å². The van der Waals surface area contributed by atoms with Crippen LogP contribution in [0.5, 0.6) is 5.75 Å². The van der Waals surface area contributed by atoms with Gasteiger partial charge < -0.3 is 15.4 Å². The van der Waals surface area contributed by atoms with E-state index >= 15 is 0 Å². The van der Waals surface area contributed by atoms with Gasteiger partial charge in [0.15, 0.2) is 5.96 Å². The highest BCUT2D eigenvalue weighted by molar-refractivity contribution is 5.79. The van der Waals surface area contributed by atoms with Crippen LogP contribution in [-0.4, -0.2) is 39.9 Å². The van der Waals surface area contributed by atoms with Crippen LogP contribution in [0.2, 0.25) is 0 Å². The number of aliphatic imine (C=N–C) groups is 1. The Balaban J connectivity index is 1.54. The topological polar surface area (TPSA) is 76.4 Å². The van der Waals surface area contributed by atoms with Crippen molar-refractivity contribution in [2.24, 2.45) is 4.99 Å². The minimum Gasteiger partial charge on any atom is -0.489 e. The molecule has 0 bridgehead atoms. The van der Waals surface area contributed by atoms with Gasteiger partial charge in [-0.2, -0.15) is 5.10 Å². The summed E-state index contributed by atoms with van der Waals surface area (Å²) in [6, 6.07) is 16.2. The van der Waals surface area contributed by atoms with Gasteiger partial charge in [0.2, 0.25) is 0 Å². The lowest BCUT2D eigenvalue weighted by Crippen LogP contribution is -2.41. The molecule has 0 radical (unpaired) electrons. The molecular weight excluding hydrogens is 364 g/mol. The monoisotopic (exact) mass is 392 g/mol. The number of rotatable bonds is 8.